The second-order valence-electron chi connectivity index (χ2n) is 4.76. The third-order valence-electron chi connectivity index (χ3n) is 2.64. The molecule has 88 valence electrons. The summed E-state index contributed by atoms with van der Waals surface area (Å²) in [6.45, 7) is 7.68. The molecule has 0 aromatic heterocycles. The van der Waals surface area contributed by atoms with Crippen LogP contribution in [0.2, 0.25) is 0 Å². The fourth-order valence-corrected chi connectivity index (χ4v) is 2.18. The zero-order chi connectivity index (χ0) is 11.7. The van der Waals surface area contributed by atoms with Gasteiger partial charge in [-0.25, -0.2) is 0 Å². The van der Waals surface area contributed by atoms with Gasteiger partial charge in [0.25, 0.3) is 0 Å². The van der Waals surface area contributed by atoms with Crippen LogP contribution in [0.25, 0.3) is 0 Å². The predicted molar refractivity (Wildman–Crippen MR) is 69.1 cm³/mol. The van der Waals surface area contributed by atoms with Gasteiger partial charge in [0.05, 0.1) is 6.07 Å². The van der Waals surface area contributed by atoms with Crippen LogP contribution in [0.1, 0.15) is 40.0 Å². The van der Waals surface area contributed by atoms with Crippen LogP contribution in [0.15, 0.2) is 0 Å². The molecule has 0 aliphatic rings. The molecule has 0 radical (unpaired) electrons. The normalized spacial score (nSPS) is 13.5. The molecule has 0 fully saturated rings. The highest BCUT2D eigenvalue weighted by atomic mass is 32.2. The van der Waals surface area contributed by atoms with Gasteiger partial charge in [-0.05, 0) is 24.5 Å². The molecule has 0 rings (SSSR count). The Hall–Kier alpha value is -0.200. The first kappa shape index (κ1) is 14.8. The summed E-state index contributed by atoms with van der Waals surface area (Å²) in [5, 5.41) is 12.2. The summed E-state index contributed by atoms with van der Waals surface area (Å²) in [5.41, 5.74) is 0.238. The minimum atomic E-state index is 0.238. The molecule has 0 saturated carbocycles. The molecule has 0 aliphatic heterocycles. The van der Waals surface area contributed by atoms with E-state index in [1.165, 1.54) is 12.2 Å². The SMILES string of the molecule is CCC(CSC)NCC(C)(C)CCC#N. The van der Waals surface area contributed by atoms with Crippen LogP contribution in [-0.2, 0) is 0 Å². The predicted octanol–water partition coefficient (Wildman–Crippen LogP) is 3.05. The van der Waals surface area contributed by atoms with Crippen LogP contribution >= 0.6 is 11.8 Å². The highest BCUT2D eigenvalue weighted by Gasteiger charge is 2.18. The number of nitrogens with zero attached hydrogens (tertiary/aromatic N) is 1. The molecule has 0 saturated heterocycles. The molecule has 0 heterocycles. The standard InChI is InChI=1S/C12H24N2S/c1-5-11(9-15-4)14-10-12(2,3)7-6-8-13/h11,14H,5-7,9-10H2,1-4H3. The van der Waals surface area contributed by atoms with Gasteiger partial charge >= 0.3 is 0 Å². The molecule has 0 bridgehead atoms. The molecule has 3 heteroatoms. The average molecular weight is 228 g/mol. The van der Waals surface area contributed by atoms with Gasteiger partial charge in [-0.15, -0.1) is 0 Å². The summed E-state index contributed by atoms with van der Waals surface area (Å²) < 4.78 is 0. The monoisotopic (exact) mass is 228 g/mol. The Morgan fingerprint density at radius 3 is 2.60 bits per heavy atom. The number of rotatable bonds is 8. The Balaban J connectivity index is 3.84. The van der Waals surface area contributed by atoms with Crippen molar-refractivity contribution in [3.63, 3.8) is 0 Å². The van der Waals surface area contributed by atoms with Crippen molar-refractivity contribution in [3.05, 3.63) is 0 Å². The Kier molecular flexibility index (Phi) is 7.90. The number of nitrogens with one attached hydrogen (secondary N) is 1. The van der Waals surface area contributed by atoms with Gasteiger partial charge < -0.3 is 5.32 Å². The largest absolute Gasteiger partial charge is 0.313 e. The molecular formula is C12H24N2S. The highest BCUT2D eigenvalue weighted by Crippen LogP contribution is 2.21. The topological polar surface area (TPSA) is 35.8 Å². The Labute approximate surface area is 98.8 Å². The third-order valence-corrected chi connectivity index (χ3v) is 3.38. The Morgan fingerprint density at radius 1 is 1.47 bits per heavy atom. The van der Waals surface area contributed by atoms with Gasteiger partial charge in [0.15, 0.2) is 0 Å². The molecular weight excluding hydrogens is 204 g/mol. The van der Waals surface area contributed by atoms with Crippen molar-refractivity contribution < 1.29 is 0 Å². The van der Waals surface area contributed by atoms with Crippen molar-refractivity contribution in [2.24, 2.45) is 5.41 Å². The van der Waals surface area contributed by atoms with Crippen LogP contribution < -0.4 is 5.32 Å². The number of thioether (sulfide) groups is 1. The fourth-order valence-electron chi connectivity index (χ4n) is 1.43. The summed E-state index contributed by atoms with van der Waals surface area (Å²) in [5.74, 6) is 1.17. The van der Waals surface area contributed by atoms with E-state index in [9.17, 15) is 0 Å². The van der Waals surface area contributed by atoms with Gasteiger partial charge in [0.2, 0.25) is 0 Å². The highest BCUT2D eigenvalue weighted by molar-refractivity contribution is 7.98. The zero-order valence-corrected chi connectivity index (χ0v) is 11.3. The molecule has 0 spiro atoms. The fraction of sp³-hybridized carbons (Fsp3) is 0.917. The molecule has 1 N–H and O–H groups in total. The van der Waals surface area contributed by atoms with Crippen molar-refractivity contribution in [2.45, 2.75) is 46.1 Å². The van der Waals surface area contributed by atoms with Crippen LogP contribution in [0.3, 0.4) is 0 Å². The minimum absolute atomic E-state index is 0.238. The van der Waals surface area contributed by atoms with E-state index in [2.05, 4.69) is 38.4 Å². The van der Waals surface area contributed by atoms with Crippen LogP contribution in [0.5, 0.6) is 0 Å². The van der Waals surface area contributed by atoms with E-state index in [1.807, 2.05) is 11.8 Å². The van der Waals surface area contributed by atoms with Crippen molar-refractivity contribution >= 4 is 11.8 Å². The molecule has 0 aromatic carbocycles. The third kappa shape index (κ3) is 7.70. The molecule has 1 atom stereocenters. The second-order valence-corrected chi connectivity index (χ2v) is 5.67. The summed E-state index contributed by atoms with van der Waals surface area (Å²) in [4.78, 5) is 0. The zero-order valence-electron chi connectivity index (χ0n) is 10.5. The van der Waals surface area contributed by atoms with Crippen molar-refractivity contribution in [1.82, 2.24) is 5.32 Å². The lowest BCUT2D eigenvalue weighted by atomic mass is 9.88. The van der Waals surface area contributed by atoms with Crippen LogP contribution in [-0.4, -0.2) is 24.6 Å². The second kappa shape index (κ2) is 8.01. The van der Waals surface area contributed by atoms with Crippen LogP contribution in [0, 0.1) is 16.7 Å². The van der Waals surface area contributed by atoms with E-state index >= 15 is 0 Å². The quantitative estimate of drug-likeness (QED) is 0.693. The lowest BCUT2D eigenvalue weighted by molar-refractivity contribution is 0.303. The first-order valence-electron chi connectivity index (χ1n) is 5.65. The summed E-state index contributed by atoms with van der Waals surface area (Å²) in [7, 11) is 0. The molecule has 0 aromatic rings. The summed E-state index contributed by atoms with van der Waals surface area (Å²) in [6, 6.07) is 2.83. The molecule has 0 aliphatic carbocycles. The lowest BCUT2D eigenvalue weighted by Gasteiger charge is -2.27. The van der Waals surface area contributed by atoms with E-state index in [4.69, 9.17) is 5.26 Å². The van der Waals surface area contributed by atoms with Gasteiger partial charge in [0.1, 0.15) is 0 Å². The maximum absolute atomic E-state index is 8.56. The van der Waals surface area contributed by atoms with E-state index in [-0.39, 0.29) is 5.41 Å². The lowest BCUT2D eigenvalue weighted by Crippen LogP contribution is -2.38. The van der Waals surface area contributed by atoms with Crippen LogP contribution in [0.4, 0.5) is 0 Å². The van der Waals surface area contributed by atoms with Gasteiger partial charge in [-0.3, -0.25) is 0 Å². The minimum Gasteiger partial charge on any atom is -0.313 e. The molecule has 0 amide bonds. The summed E-state index contributed by atoms with van der Waals surface area (Å²) in [6.07, 6.45) is 4.96. The molecule has 15 heavy (non-hydrogen) atoms. The van der Waals surface area contributed by atoms with Crippen molar-refractivity contribution in [1.29, 1.82) is 5.26 Å². The van der Waals surface area contributed by atoms with Gasteiger partial charge in [0, 0.05) is 24.8 Å². The molecule has 2 nitrogen and oxygen atoms in total. The number of nitriles is 1. The number of hydrogen-bond acceptors (Lipinski definition) is 3. The first-order chi connectivity index (χ1) is 7.05. The summed E-state index contributed by atoms with van der Waals surface area (Å²) >= 11 is 1.89. The Bertz CT molecular complexity index is 196. The molecule has 1 unspecified atom stereocenters. The number of hydrogen-bond donors (Lipinski definition) is 1. The smallest absolute Gasteiger partial charge is 0.0621 e. The van der Waals surface area contributed by atoms with Gasteiger partial charge in [-0.1, -0.05) is 20.8 Å². The average Bonchev–Trinajstić information content (AvgIpc) is 2.21. The van der Waals surface area contributed by atoms with E-state index in [0.717, 1.165) is 13.0 Å². The van der Waals surface area contributed by atoms with E-state index in [0.29, 0.717) is 12.5 Å². The maximum Gasteiger partial charge on any atom is 0.0621 e. The van der Waals surface area contributed by atoms with E-state index in [1.54, 1.807) is 0 Å². The Morgan fingerprint density at radius 2 is 2.13 bits per heavy atom. The van der Waals surface area contributed by atoms with E-state index < -0.39 is 0 Å². The maximum atomic E-state index is 8.56. The first-order valence-corrected chi connectivity index (χ1v) is 7.04. The van der Waals surface area contributed by atoms with Crippen molar-refractivity contribution in [3.8, 4) is 6.07 Å². The van der Waals surface area contributed by atoms with Crippen molar-refractivity contribution in [2.75, 3.05) is 18.6 Å². The van der Waals surface area contributed by atoms with Gasteiger partial charge in [-0.2, -0.15) is 17.0 Å².